The lowest BCUT2D eigenvalue weighted by atomic mass is 10.5. The van der Waals surface area contributed by atoms with Gasteiger partial charge in [-0.3, -0.25) is 0 Å². The molecule has 68 valence electrons. The number of methoxy groups -OCH3 is 1. The molecule has 0 bridgehead atoms. The molecule has 5 heteroatoms. The van der Waals surface area contributed by atoms with Crippen LogP contribution < -0.4 is 4.74 Å². The van der Waals surface area contributed by atoms with Gasteiger partial charge < -0.3 is 9.47 Å². The van der Waals surface area contributed by atoms with E-state index in [4.69, 9.17) is 21.1 Å². The average molecular weight is 208 g/mol. The largest absolute Gasteiger partial charge is 0.470 e. The Morgan fingerprint density at radius 2 is 2.42 bits per heavy atom. The van der Waals surface area contributed by atoms with E-state index in [2.05, 4.69) is 4.98 Å². The van der Waals surface area contributed by atoms with Crippen LogP contribution in [0.2, 0.25) is 5.15 Å². The minimum Gasteiger partial charge on any atom is -0.470 e. The van der Waals surface area contributed by atoms with E-state index < -0.39 is 0 Å². The van der Waals surface area contributed by atoms with Gasteiger partial charge in [-0.25, -0.2) is 0 Å². The van der Waals surface area contributed by atoms with Crippen molar-refractivity contribution in [2.24, 2.45) is 0 Å². The number of thiazole rings is 1. The predicted molar refractivity (Wildman–Crippen MR) is 49.1 cm³/mol. The summed E-state index contributed by atoms with van der Waals surface area (Å²) in [4.78, 5) is 3.93. The van der Waals surface area contributed by atoms with Gasteiger partial charge in [0, 0.05) is 25.5 Å². The highest BCUT2D eigenvalue weighted by atomic mass is 35.5. The van der Waals surface area contributed by atoms with Gasteiger partial charge in [-0.05, 0) is 0 Å². The Morgan fingerprint density at radius 3 is 3.00 bits per heavy atom. The molecule has 1 heterocycles. The molecular weight excluding hydrogens is 198 g/mol. The third-order valence-electron chi connectivity index (χ3n) is 1.17. The van der Waals surface area contributed by atoms with Crippen LogP contribution >= 0.6 is 22.9 Å². The maximum Gasteiger partial charge on any atom is 0.274 e. The van der Waals surface area contributed by atoms with Crippen molar-refractivity contribution < 1.29 is 9.47 Å². The fourth-order valence-electron chi connectivity index (χ4n) is 0.668. The van der Waals surface area contributed by atoms with Crippen molar-refractivity contribution >= 4 is 22.9 Å². The van der Waals surface area contributed by atoms with Crippen LogP contribution in [-0.4, -0.2) is 25.3 Å². The fourth-order valence-corrected chi connectivity index (χ4v) is 1.48. The molecule has 3 nitrogen and oxygen atoms in total. The summed E-state index contributed by atoms with van der Waals surface area (Å²) in [5.41, 5.74) is 0. The van der Waals surface area contributed by atoms with Crippen LogP contribution in [0, 0.1) is 0 Å². The quantitative estimate of drug-likeness (QED) is 0.694. The van der Waals surface area contributed by atoms with Crippen molar-refractivity contribution in [3.05, 3.63) is 10.5 Å². The van der Waals surface area contributed by atoms with Gasteiger partial charge in [-0.15, -0.1) is 0 Å². The zero-order chi connectivity index (χ0) is 8.81. The fraction of sp³-hybridized carbons (Fsp3) is 0.571. The van der Waals surface area contributed by atoms with Crippen LogP contribution in [0.1, 0.15) is 6.42 Å². The molecule has 0 radical (unpaired) electrons. The number of aromatic nitrogens is 1. The standard InChI is InChI=1S/C7H10ClNO2S/c1-10-3-2-4-11-7-9-6(8)5-12-7/h5H,2-4H2,1H3. The number of hydrogen-bond acceptors (Lipinski definition) is 4. The average Bonchev–Trinajstić information content (AvgIpc) is 2.45. The van der Waals surface area contributed by atoms with E-state index in [0.29, 0.717) is 23.6 Å². The van der Waals surface area contributed by atoms with E-state index in [0.717, 1.165) is 6.42 Å². The molecule has 0 aliphatic heterocycles. The summed E-state index contributed by atoms with van der Waals surface area (Å²) >= 11 is 7.00. The summed E-state index contributed by atoms with van der Waals surface area (Å²) in [6.45, 7) is 1.33. The van der Waals surface area contributed by atoms with Gasteiger partial charge >= 0.3 is 0 Å². The maximum atomic E-state index is 5.60. The summed E-state index contributed by atoms with van der Waals surface area (Å²) in [5.74, 6) is 0. The Bertz CT molecular complexity index is 229. The number of rotatable bonds is 5. The molecule has 0 aliphatic carbocycles. The van der Waals surface area contributed by atoms with Gasteiger partial charge in [0.1, 0.15) is 5.15 Å². The Morgan fingerprint density at radius 1 is 1.58 bits per heavy atom. The zero-order valence-corrected chi connectivity index (χ0v) is 8.32. The van der Waals surface area contributed by atoms with Crippen molar-refractivity contribution in [1.29, 1.82) is 0 Å². The lowest BCUT2D eigenvalue weighted by molar-refractivity contribution is 0.172. The second kappa shape index (κ2) is 5.35. The van der Waals surface area contributed by atoms with E-state index in [1.807, 2.05) is 0 Å². The second-order valence-electron chi connectivity index (χ2n) is 2.13. The lowest BCUT2D eigenvalue weighted by Gasteiger charge is -2.00. The molecule has 0 spiro atoms. The van der Waals surface area contributed by atoms with Gasteiger partial charge in [0.15, 0.2) is 0 Å². The molecule has 0 atom stereocenters. The Labute approximate surface area is 80.3 Å². The van der Waals surface area contributed by atoms with Crippen molar-refractivity contribution in [2.75, 3.05) is 20.3 Å². The number of hydrogen-bond donors (Lipinski definition) is 0. The topological polar surface area (TPSA) is 31.4 Å². The first-order valence-electron chi connectivity index (χ1n) is 3.55. The minimum absolute atomic E-state index is 0.488. The second-order valence-corrected chi connectivity index (χ2v) is 3.34. The van der Waals surface area contributed by atoms with Crippen LogP contribution in [0.5, 0.6) is 5.19 Å². The minimum atomic E-state index is 0.488. The van der Waals surface area contributed by atoms with Gasteiger partial charge in [0.25, 0.3) is 5.19 Å². The summed E-state index contributed by atoms with van der Waals surface area (Å²) in [5, 5.41) is 2.85. The molecule has 0 fully saturated rings. The zero-order valence-electron chi connectivity index (χ0n) is 6.75. The lowest BCUT2D eigenvalue weighted by Crippen LogP contribution is -2.00. The highest BCUT2D eigenvalue weighted by Gasteiger charge is 1.98. The Kier molecular flexibility index (Phi) is 4.35. The predicted octanol–water partition coefficient (Wildman–Crippen LogP) is 2.21. The molecule has 0 amide bonds. The molecule has 0 aliphatic rings. The molecule has 0 unspecified atom stereocenters. The van der Waals surface area contributed by atoms with Crippen molar-refractivity contribution in [1.82, 2.24) is 4.98 Å². The summed E-state index contributed by atoms with van der Waals surface area (Å²) < 4.78 is 10.1. The van der Waals surface area contributed by atoms with E-state index in [-0.39, 0.29) is 0 Å². The van der Waals surface area contributed by atoms with E-state index in [1.54, 1.807) is 12.5 Å². The SMILES string of the molecule is COCCCOc1nc(Cl)cs1. The molecule has 0 N–H and O–H groups in total. The van der Waals surface area contributed by atoms with Gasteiger partial charge in [0.05, 0.1) is 6.61 Å². The summed E-state index contributed by atoms with van der Waals surface area (Å²) in [6, 6.07) is 0. The maximum absolute atomic E-state index is 5.60. The van der Waals surface area contributed by atoms with E-state index in [1.165, 1.54) is 11.3 Å². The normalized spacial score (nSPS) is 10.2. The molecule has 1 aromatic rings. The summed E-state index contributed by atoms with van der Waals surface area (Å²) in [7, 11) is 1.67. The third kappa shape index (κ3) is 3.38. The molecule has 0 saturated heterocycles. The molecule has 1 aromatic heterocycles. The highest BCUT2D eigenvalue weighted by molar-refractivity contribution is 7.11. The van der Waals surface area contributed by atoms with Crippen LogP contribution in [-0.2, 0) is 4.74 Å². The van der Waals surface area contributed by atoms with E-state index >= 15 is 0 Å². The van der Waals surface area contributed by atoms with Gasteiger partial charge in [-0.1, -0.05) is 22.9 Å². The number of halogens is 1. The smallest absolute Gasteiger partial charge is 0.274 e. The van der Waals surface area contributed by atoms with E-state index in [9.17, 15) is 0 Å². The van der Waals surface area contributed by atoms with Crippen molar-refractivity contribution in [3.63, 3.8) is 0 Å². The third-order valence-corrected chi connectivity index (χ3v) is 2.25. The number of nitrogens with zero attached hydrogens (tertiary/aromatic N) is 1. The molecule has 0 aromatic carbocycles. The van der Waals surface area contributed by atoms with Gasteiger partial charge in [-0.2, -0.15) is 4.98 Å². The van der Waals surface area contributed by atoms with Crippen molar-refractivity contribution in [2.45, 2.75) is 6.42 Å². The molecule has 12 heavy (non-hydrogen) atoms. The Balaban J connectivity index is 2.15. The van der Waals surface area contributed by atoms with Crippen LogP contribution in [0.3, 0.4) is 0 Å². The molecule has 0 saturated carbocycles. The first-order valence-corrected chi connectivity index (χ1v) is 4.81. The number of ether oxygens (including phenoxy) is 2. The first-order chi connectivity index (χ1) is 5.83. The monoisotopic (exact) mass is 207 g/mol. The first kappa shape index (κ1) is 9.77. The van der Waals surface area contributed by atoms with Crippen molar-refractivity contribution in [3.8, 4) is 5.19 Å². The van der Waals surface area contributed by atoms with Crippen LogP contribution in [0.4, 0.5) is 0 Å². The molecule has 1 rings (SSSR count). The molecular formula is C7H10ClNO2S. The van der Waals surface area contributed by atoms with Gasteiger partial charge in [0.2, 0.25) is 0 Å². The Hall–Kier alpha value is -0.320. The summed E-state index contributed by atoms with van der Waals surface area (Å²) in [6.07, 6.45) is 0.869. The van der Waals surface area contributed by atoms with Crippen LogP contribution in [0.25, 0.3) is 0 Å². The highest BCUT2D eigenvalue weighted by Crippen LogP contribution is 2.20. The van der Waals surface area contributed by atoms with Crippen LogP contribution in [0.15, 0.2) is 5.38 Å².